The first-order valence-electron chi connectivity index (χ1n) is 7.42. The molecule has 0 radical (unpaired) electrons. The molecular weight excluding hydrogens is 316 g/mol. The van der Waals surface area contributed by atoms with Crippen LogP contribution in [0.25, 0.3) is 0 Å². The van der Waals surface area contributed by atoms with Gasteiger partial charge in [-0.3, -0.25) is 14.8 Å². The molecule has 3 N–H and O–H groups in total. The zero-order chi connectivity index (χ0) is 16.8. The number of H-pyrrole nitrogens is 1. The number of rotatable bonds is 4. The number of thiazole rings is 1. The van der Waals surface area contributed by atoms with Crippen molar-refractivity contribution in [1.29, 1.82) is 0 Å². The van der Waals surface area contributed by atoms with Crippen LogP contribution in [0.15, 0.2) is 11.4 Å². The molecule has 0 aromatic carbocycles. The lowest BCUT2D eigenvalue weighted by Gasteiger charge is -2.13. The molecule has 0 aliphatic carbocycles. The SMILES string of the molecule is Cc1cc(C[C@@H]2CN(Cc3csc(C)n3)C[C@@H]2O)n[nH]1.O=CO. The molecule has 2 atom stereocenters. The number of likely N-dealkylation sites (tertiary alicyclic amines) is 1. The molecule has 7 nitrogen and oxygen atoms in total. The Balaban J connectivity index is 0.000000595. The van der Waals surface area contributed by atoms with Crippen molar-refractivity contribution in [3.63, 3.8) is 0 Å². The van der Waals surface area contributed by atoms with Gasteiger partial charge in [-0.05, 0) is 26.3 Å². The number of hydrogen-bond acceptors (Lipinski definition) is 6. The Morgan fingerprint density at radius 3 is 2.74 bits per heavy atom. The summed E-state index contributed by atoms with van der Waals surface area (Å²) >= 11 is 1.68. The van der Waals surface area contributed by atoms with Crippen molar-refractivity contribution in [3.05, 3.63) is 33.5 Å². The minimum atomic E-state index is -0.272. The molecule has 2 aromatic heterocycles. The zero-order valence-corrected chi connectivity index (χ0v) is 14.1. The molecule has 0 bridgehead atoms. The van der Waals surface area contributed by atoms with Gasteiger partial charge in [0.15, 0.2) is 0 Å². The molecule has 0 amide bonds. The number of carbonyl (C=O) groups is 1. The van der Waals surface area contributed by atoms with Crippen molar-refractivity contribution in [1.82, 2.24) is 20.1 Å². The molecule has 1 aliphatic rings. The van der Waals surface area contributed by atoms with Gasteiger partial charge in [0.1, 0.15) is 0 Å². The van der Waals surface area contributed by atoms with Crippen molar-refractivity contribution in [2.75, 3.05) is 13.1 Å². The third-order valence-corrected chi connectivity index (χ3v) is 4.59. The van der Waals surface area contributed by atoms with Gasteiger partial charge in [0.25, 0.3) is 6.47 Å². The maximum absolute atomic E-state index is 10.2. The summed E-state index contributed by atoms with van der Waals surface area (Å²) in [6.07, 6.45) is 0.560. The number of aliphatic hydroxyl groups excluding tert-OH is 1. The summed E-state index contributed by atoms with van der Waals surface area (Å²) < 4.78 is 0. The van der Waals surface area contributed by atoms with Crippen LogP contribution < -0.4 is 0 Å². The van der Waals surface area contributed by atoms with E-state index in [2.05, 4.69) is 31.5 Å². The summed E-state index contributed by atoms with van der Waals surface area (Å²) in [4.78, 5) is 15.1. The number of aromatic amines is 1. The van der Waals surface area contributed by atoms with Crippen LogP contribution in [0.4, 0.5) is 0 Å². The van der Waals surface area contributed by atoms with E-state index in [1.807, 2.05) is 13.8 Å². The van der Waals surface area contributed by atoms with E-state index in [-0.39, 0.29) is 18.5 Å². The fraction of sp³-hybridized carbons (Fsp3) is 0.533. The number of aryl methyl sites for hydroxylation is 2. The van der Waals surface area contributed by atoms with E-state index in [9.17, 15) is 5.11 Å². The van der Waals surface area contributed by atoms with Crippen molar-refractivity contribution >= 4 is 17.8 Å². The molecule has 0 saturated carbocycles. The van der Waals surface area contributed by atoms with Gasteiger partial charge in [-0.25, -0.2) is 4.98 Å². The first kappa shape index (κ1) is 17.6. The third-order valence-electron chi connectivity index (χ3n) is 3.76. The molecule has 126 valence electrons. The van der Waals surface area contributed by atoms with Crippen LogP contribution in [0.1, 0.15) is 22.1 Å². The highest BCUT2D eigenvalue weighted by Gasteiger charge is 2.32. The lowest BCUT2D eigenvalue weighted by Crippen LogP contribution is -2.21. The zero-order valence-electron chi connectivity index (χ0n) is 13.3. The Morgan fingerprint density at radius 2 is 2.17 bits per heavy atom. The van der Waals surface area contributed by atoms with Crippen LogP contribution in [0.2, 0.25) is 0 Å². The number of nitrogens with one attached hydrogen (secondary N) is 1. The van der Waals surface area contributed by atoms with Gasteiger partial charge in [0, 0.05) is 36.6 Å². The summed E-state index contributed by atoms with van der Waals surface area (Å²) in [7, 11) is 0. The van der Waals surface area contributed by atoms with Crippen LogP contribution in [-0.4, -0.2) is 56.0 Å². The summed E-state index contributed by atoms with van der Waals surface area (Å²) in [5.74, 6) is 0.262. The molecule has 0 spiro atoms. The fourth-order valence-corrected chi connectivity index (χ4v) is 3.43. The molecule has 3 heterocycles. The van der Waals surface area contributed by atoms with Gasteiger partial charge in [0.05, 0.1) is 22.5 Å². The topological polar surface area (TPSA) is 102 Å². The number of β-amino-alcohol motifs (C(OH)–C–C–N with tert-alkyl or cyclic N) is 1. The van der Waals surface area contributed by atoms with Crippen molar-refractivity contribution < 1.29 is 15.0 Å². The van der Waals surface area contributed by atoms with Crippen molar-refractivity contribution in [3.8, 4) is 0 Å². The van der Waals surface area contributed by atoms with E-state index >= 15 is 0 Å². The predicted molar refractivity (Wildman–Crippen MR) is 87.3 cm³/mol. The van der Waals surface area contributed by atoms with Crippen molar-refractivity contribution in [2.45, 2.75) is 32.9 Å². The Morgan fingerprint density at radius 1 is 1.43 bits per heavy atom. The van der Waals surface area contributed by atoms with Gasteiger partial charge in [-0.2, -0.15) is 5.10 Å². The fourth-order valence-electron chi connectivity index (χ4n) is 2.83. The highest BCUT2D eigenvalue weighted by molar-refractivity contribution is 7.09. The summed E-state index contributed by atoms with van der Waals surface area (Å²) in [5, 5.41) is 27.5. The molecule has 1 fully saturated rings. The van der Waals surface area contributed by atoms with Gasteiger partial charge in [0.2, 0.25) is 0 Å². The molecule has 23 heavy (non-hydrogen) atoms. The standard InChI is InChI=1S/C14H20N4OS.CH2O2/c1-9-3-12(17-16-9)4-11-5-18(7-14(11)19)6-13-8-20-10(2)15-13;2-1-3/h3,8,11,14,19H,4-7H2,1-2H3,(H,16,17);1H,(H,2,3)/t11-,14+;/m1./s1. The highest BCUT2D eigenvalue weighted by Crippen LogP contribution is 2.23. The smallest absolute Gasteiger partial charge is 0.290 e. The second-order valence-corrected chi connectivity index (χ2v) is 6.79. The monoisotopic (exact) mass is 338 g/mol. The first-order valence-corrected chi connectivity index (χ1v) is 8.30. The van der Waals surface area contributed by atoms with Gasteiger partial charge in [-0.1, -0.05) is 0 Å². The number of aliphatic hydroxyl groups is 1. The summed E-state index contributed by atoms with van der Waals surface area (Å²) in [5.41, 5.74) is 3.22. The number of hydrogen-bond donors (Lipinski definition) is 3. The minimum absolute atomic E-state index is 0.250. The van der Waals surface area contributed by atoms with Gasteiger partial charge >= 0.3 is 0 Å². The van der Waals surface area contributed by atoms with E-state index in [0.29, 0.717) is 0 Å². The second kappa shape index (κ2) is 8.19. The van der Waals surface area contributed by atoms with E-state index < -0.39 is 0 Å². The molecule has 8 heteroatoms. The Labute approximate surface area is 139 Å². The quantitative estimate of drug-likeness (QED) is 0.725. The van der Waals surface area contributed by atoms with Crippen molar-refractivity contribution in [2.24, 2.45) is 5.92 Å². The average Bonchev–Trinajstić information content (AvgIpc) is 3.15. The van der Waals surface area contributed by atoms with E-state index in [4.69, 9.17) is 9.90 Å². The lowest BCUT2D eigenvalue weighted by molar-refractivity contribution is -0.122. The Kier molecular flexibility index (Phi) is 6.26. The number of aromatic nitrogens is 3. The molecule has 1 saturated heterocycles. The molecule has 0 unspecified atom stereocenters. The van der Waals surface area contributed by atoms with E-state index in [1.54, 1.807) is 11.3 Å². The largest absolute Gasteiger partial charge is 0.483 e. The van der Waals surface area contributed by atoms with Crippen LogP contribution >= 0.6 is 11.3 Å². The highest BCUT2D eigenvalue weighted by atomic mass is 32.1. The third kappa shape index (κ3) is 5.12. The van der Waals surface area contributed by atoms with Crippen LogP contribution in [-0.2, 0) is 17.8 Å². The van der Waals surface area contributed by atoms with Gasteiger partial charge in [-0.15, -0.1) is 11.3 Å². The summed E-state index contributed by atoms with van der Waals surface area (Å²) in [6, 6.07) is 2.05. The normalized spacial score (nSPS) is 21.0. The molecular formula is C15H22N4O3S. The van der Waals surface area contributed by atoms with Crippen LogP contribution in [0, 0.1) is 19.8 Å². The molecule has 3 rings (SSSR count). The second-order valence-electron chi connectivity index (χ2n) is 5.73. The average molecular weight is 338 g/mol. The van der Waals surface area contributed by atoms with E-state index in [0.717, 1.165) is 48.1 Å². The number of carboxylic acid groups (broad SMARTS) is 1. The maximum atomic E-state index is 10.2. The lowest BCUT2D eigenvalue weighted by atomic mass is 10.0. The Bertz CT molecular complexity index is 628. The Hall–Kier alpha value is -1.77. The summed E-state index contributed by atoms with van der Waals surface area (Å²) in [6.45, 7) is 6.24. The van der Waals surface area contributed by atoms with Crippen LogP contribution in [0.5, 0.6) is 0 Å². The first-order chi connectivity index (χ1) is 11.0. The maximum Gasteiger partial charge on any atom is 0.290 e. The predicted octanol–water partition coefficient (Wildman–Crippen LogP) is 1.22. The minimum Gasteiger partial charge on any atom is -0.483 e. The van der Waals surface area contributed by atoms with Gasteiger partial charge < -0.3 is 10.2 Å². The molecule has 2 aromatic rings. The molecule has 1 aliphatic heterocycles. The number of nitrogens with zero attached hydrogens (tertiary/aromatic N) is 3. The van der Waals surface area contributed by atoms with Crippen LogP contribution in [0.3, 0.4) is 0 Å². The van der Waals surface area contributed by atoms with E-state index in [1.165, 1.54) is 0 Å².